The molecule has 0 bridgehead atoms. The van der Waals surface area contributed by atoms with Crippen LogP contribution in [0.15, 0.2) is 24.3 Å². The summed E-state index contributed by atoms with van der Waals surface area (Å²) in [7, 11) is 0. The summed E-state index contributed by atoms with van der Waals surface area (Å²) in [6, 6.07) is 7.32. The van der Waals surface area contributed by atoms with Gasteiger partial charge in [0.15, 0.2) is 0 Å². The highest BCUT2D eigenvalue weighted by Crippen LogP contribution is 2.32. The van der Waals surface area contributed by atoms with Crippen LogP contribution < -0.4 is 0 Å². The third kappa shape index (κ3) is 0.942. The van der Waals surface area contributed by atoms with Crippen molar-refractivity contribution in [2.24, 2.45) is 0 Å². The molecule has 1 nitrogen and oxygen atoms in total. The van der Waals surface area contributed by atoms with Gasteiger partial charge in [-0.3, -0.25) is 0 Å². The summed E-state index contributed by atoms with van der Waals surface area (Å²) in [6.45, 7) is 0. The van der Waals surface area contributed by atoms with Gasteiger partial charge in [-0.2, -0.15) is 0 Å². The van der Waals surface area contributed by atoms with E-state index in [1.807, 2.05) is 18.2 Å². The lowest BCUT2D eigenvalue weighted by molar-refractivity contribution is 0.0926. The van der Waals surface area contributed by atoms with Gasteiger partial charge in [-0.15, -0.1) is 0 Å². The van der Waals surface area contributed by atoms with Gasteiger partial charge in [0.05, 0.1) is 0 Å². The van der Waals surface area contributed by atoms with Crippen LogP contribution in [0.3, 0.4) is 0 Å². The largest absolute Gasteiger partial charge is 0.385 e. The van der Waals surface area contributed by atoms with Crippen LogP contribution in [-0.4, -0.2) is 11.3 Å². The summed E-state index contributed by atoms with van der Waals surface area (Å²) in [6.07, 6.45) is -1.64. The summed E-state index contributed by atoms with van der Waals surface area (Å²) in [5.74, 6) is 0. The minimum absolute atomic E-state index is 0.358. The molecule has 0 radical (unpaired) electrons. The molecule has 1 aliphatic rings. The van der Waals surface area contributed by atoms with Gasteiger partial charge in [0.25, 0.3) is 0 Å². The van der Waals surface area contributed by atoms with Crippen molar-refractivity contribution in [2.45, 2.75) is 18.7 Å². The first-order chi connectivity index (χ1) is 5.29. The molecular formula is C9H9FO. The molecule has 0 spiro atoms. The van der Waals surface area contributed by atoms with Gasteiger partial charge in [0.2, 0.25) is 0 Å². The summed E-state index contributed by atoms with van der Waals surface area (Å²) >= 11 is 0. The molecule has 2 rings (SSSR count). The standard InChI is InChI=1S/C9H9FO/c10-8-5-6-3-1-2-4-7(6)9(8)11/h1-4,8-9,11H,5H2/t8-,9+/m1/s1. The molecule has 0 unspecified atom stereocenters. The third-order valence-electron chi connectivity index (χ3n) is 2.13. The van der Waals surface area contributed by atoms with E-state index in [9.17, 15) is 9.50 Å². The molecule has 0 aromatic heterocycles. The minimum Gasteiger partial charge on any atom is -0.385 e. The first-order valence-corrected chi connectivity index (χ1v) is 3.69. The summed E-state index contributed by atoms with van der Waals surface area (Å²) in [5.41, 5.74) is 1.69. The number of hydrogen-bond acceptors (Lipinski definition) is 1. The molecule has 58 valence electrons. The second-order valence-electron chi connectivity index (χ2n) is 2.86. The number of halogens is 1. The van der Waals surface area contributed by atoms with E-state index < -0.39 is 12.3 Å². The maximum absolute atomic E-state index is 12.9. The maximum Gasteiger partial charge on any atom is 0.134 e. The van der Waals surface area contributed by atoms with E-state index in [0.29, 0.717) is 6.42 Å². The molecule has 1 aromatic carbocycles. The van der Waals surface area contributed by atoms with E-state index in [1.165, 1.54) is 0 Å². The second kappa shape index (κ2) is 2.31. The van der Waals surface area contributed by atoms with Gasteiger partial charge < -0.3 is 5.11 Å². The van der Waals surface area contributed by atoms with Crippen molar-refractivity contribution < 1.29 is 9.50 Å². The number of aliphatic hydroxyl groups excluding tert-OH is 1. The Balaban J connectivity index is 2.47. The first kappa shape index (κ1) is 6.80. The van der Waals surface area contributed by atoms with Crippen LogP contribution in [0.5, 0.6) is 0 Å². The van der Waals surface area contributed by atoms with Crippen molar-refractivity contribution in [1.82, 2.24) is 0 Å². The van der Waals surface area contributed by atoms with Crippen LogP contribution in [0, 0.1) is 0 Å². The van der Waals surface area contributed by atoms with Gasteiger partial charge in [-0.05, 0) is 11.1 Å². The zero-order valence-corrected chi connectivity index (χ0v) is 6.00. The minimum atomic E-state index is -1.10. The number of alkyl halides is 1. The molecule has 2 atom stereocenters. The smallest absolute Gasteiger partial charge is 0.134 e. The van der Waals surface area contributed by atoms with Gasteiger partial charge in [-0.25, -0.2) is 4.39 Å². The van der Waals surface area contributed by atoms with Crippen LogP contribution in [0.1, 0.15) is 17.2 Å². The van der Waals surface area contributed by atoms with E-state index in [0.717, 1.165) is 11.1 Å². The Kier molecular flexibility index (Phi) is 1.43. The fourth-order valence-electron chi connectivity index (χ4n) is 1.53. The van der Waals surface area contributed by atoms with Gasteiger partial charge in [0, 0.05) is 6.42 Å². The Morgan fingerprint density at radius 2 is 2.09 bits per heavy atom. The number of rotatable bonds is 0. The Bertz CT molecular complexity index is 272. The Morgan fingerprint density at radius 1 is 1.36 bits per heavy atom. The highest BCUT2D eigenvalue weighted by molar-refractivity contribution is 5.34. The quantitative estimate of drug-likeness (QED) is 0.598. The van der Waals surface area contributed by atoms with Crippen LogP contribution in [-0.2, 0) is 6.42 Å². The van der Waals surface area contributed by atoms with Crippen molar-refractivity contribution in [2.75, 3.05) is 0 Å². The molecule has 0 amide bonds. The number of aliphatic hydroxyl groups is 1. The number of fused-ring (bicyclic) bond motifs is 1. The van der Waals surface area contributed by atoms with E-state index in [2.05, 4.69) is 0 Å². The van der Waals surface area contributed by atoms with Crippen LogP contribution in [0.25, 0.3) is 0 Å². The Morgan fingerprint density at radius 3 is 2.82 bits per heavy atom. The van der Waals surface area contributed by atoms with E-state index in [1.54, 1.807) is 6.07 Å². The summed E-state index contributed by atoms with van der Waals surface area (Å²) in [4.78, 5) is 0. The molecule has 11 heavy (non-hydrogen) atoms. The average Bonchev–Trinajstić information content (AvgIpc) is 2.30. The predicted octanol–water partition coefficient (Wildman–Crippen LogP) is 1.61. The third-order valence-corrected chi connectivity index (χ3v) is 2.13. The maximum atomic E-state index is 12.9. The predicted molar refractivity (Wildman–Crippen MR) is 40.0 cm³/mol. The molecule has 1 aromatic rings. The zero-order valence-electron chi connectivity index (χ0n) is 6.00. The molecule has 0 saturated carbocycles. The van der Waals surface area contributed by atoms with Crippen LogP contribution in [0.2, 0.25) is 0 Å². The fraction of sp³-hybridized carbons (Fsp3) is 0.333. The van der Waals surface area contributed by atoms with E-state index in [-0.39, 0.29) is 0 Å². The molecule has 1 aliphatic carbocycles. The first-order valence-electron chi connectivity index (χ1n) is 3.69. The number of hydrogen-bond donors (Lipinski definition) is 1. The molecule has 0 fully saturated rings. The Hall–Kier alpha value is -0.890. The van der Waals surface area contributed by atoms with E-state index >= 15 is 0 Å². The average molecular weight is 152 g/mol. The molecule has 0 heterocycles. The van der Waals surface area contributed by atoms with Crippen molar-refractivity contribution in [3.63, 3.8) is 0 Å². The lowest BCUT2D eigenvalue weighted by atomic mass is 10.1. The normalized spacial score (nSPS) is 28.5. The Labute approximate surface area is 64.5 Å². The SMILES string of the molecule is O[C@H]1c2ccccc2C[C@H]1F. The van der Waals surface area contributed by atoms with Crippen molar-refractivity contribution in [3.05, 3.63) is 35.4 Å². The highest BCUT2D eigenvalue weighted by Gasteiger charge is 2.29. The fourth-order valence-corrected chi connectivity index (χ4v) is 1.53. The van der Waals surface area contributed by atoms with Crippen LogP contribution in [0.4, 0.5) is 4.39 Å². The second-order valence-corrected chi connectivity index (χ2v) is 2.86. The van der Waals surface area contributed by atoms with Crippen LogP contribution >= 0.6 is 0 Å². The molecule has 0 saturated heterocycles. The van der Waals surface area contributed by atoms with Gasteiger partial charge in [-0.1, -0.05) is 24.3 Å². The highest BCUT2D eigenvalue weighted by atomic mass is 19.1. The monoisotopic (exact) mass is 152 g/mol. The molecule has 0 aliphatic heterocycles. The van der Waals surface area contributed by atoms with Crippen molar-refractivity contribution in [1.29, 1.82) is 0 Å². The lowest BCUT2D eigenvalue weighted by Gasteiger charge is -2.04. The molecule has 1 N–H and O–H groups in total. The summed E-state index contributed by atoms with van der Waals surface area (Å²) in [5, 5.41) is 9.27. The van der Waals surface area contributed by atoms with Crippen molar-refractivity contribution in [3.8, 4) is 0 Å². The van der Waals surface area contributed by atoms with Gasteiger partial charge in [0.1, 0.15) is 12.3 Å². The topological polar surface area (TPSA) is 20.2 Å². The molecule has 2 heteroatoms. The van der Waals surface area contributed by atoms with E-state index in [4.69, 9.17) is 0 Å². The lowest BCUT2D eigenvalue weighted by Crippen LogP contribution is -2.05. The zero-order chi connectivity index (χ0) is 7.84. The van der Waals surface area contributed by atoms with Gasteiger partial charge >= 0.3 is 0 Å². The van der Waals surface area contributed by atoms with Crippen molar-refractivity contribution >= 4 is 0 Å². The molecular weight excluding hydrogens is 143 g/mol. The summed E-state index contributed by atoms with van der Waals surface area (Å²) < 4.78 is 12.9. The number of benzene rings is 1.